The minimum atomic E-state index is -0.293. The molecular weight excluding hydrogens is 326 g/mol. The summed E-state index contributed by atoms with van der Waals surface area (Å²) in [5.41, 5.74) is 0.543. The summed E-state index contributed by atoms with van der Waals surface area (Å²) in [6.07, 6.45) is 0.982. The predicted molar refractivity (Wildman–Crippen MR) is 93.2 cm³/mol. The molecule has 24 heavy (non-hydrogen) atoms. The van der Waals surface area contributed by atoms with Crippen LogP contribution in [0, 0.1) is 5.92 Å². The molecule has 0 saturated carbocycles. The van der Waals surface area contributed by atoms with Crippen molar-refractivity contribution in [1.29, 1.82) is 0 Å². The van der Waals surface area contributed by atoms with Crippen molar-refractivity contribution < 1.29 is 9.90 Å². The van der Waals surface area contributed by atoms with Gasteiger partial charge in [-0.1, -0.05) is 32.5 Å². The molecular formula is C17H25N3O3S. The van der Waals surface area contributed by atoms with Crippen molar-refractivity contribution in [2.45, 2.75) is 56.8 Å². The Labute approximate surface area is 146 Å². The van der Waals surface area contributed by atoms with E-state index < -0.39 is 0 Å². The Bertz CT molecular complexity index is 687. The van der Waals surface area contributed by atoms with E-state index in [-0.39, 0.29) is 28.9 Å². The number of piperidine rings is 1. The topological polar surface area (TPSA) is 75.4 Å². The number of hydrogen-bond acceptors (Lipinski definition) is 5. The number of rotatable bonds is 1. The van der Waals surface area contributed by atoms with Gasteiger partial charge in [0.15, 0.2) is 5.16 Å². The summed E-state index contributed by atoms with van der Waals surface area (Å²) < 4.78 is 1.63. The smallest absolute Gasteiger partial charge is 0.254 e. The molecule has 1 aromatic rings. The molecule has 0 aliphatic carbocycles. The maximum Gasteiger partial charge on any atom is 0.254 e. The molecule has 6 nitrogen and oxygen atoms in total. The van der Waals surface area contributed by atoms with Crippen molar-refractivity contribution in [1.82, 2.24) is 14.5 Å². The number of aliphatic hydroxyl groups excluding tert-OH is 1. The fraction of sp³-hybridized carbons (Fsp3) is 0.706. The SMILES string of the molecule is CC(C)(C)c1cc(=O)n2c(n1)SCC(C(=O)N1CCC(O)CC1)C2. The van der Waals surface area contributed by atoms with Gasteiger partial charge < -0.3 is 10.0 Å². The molecule has 0 aromatic carbocycles. The van der Waals surface area contributed by atoms with E-state index in [1.807, 2.05) is 25.7 Å². The van der Waals surface area contributed by atoms with Gasteiger partial charge in [0.1, 0.15) is 0 Å². The van der Waals surface area contributed by atoms with E-state index in [0.29, 0.717) is 43.4 Å². The van der Waals surface area contributed by atoms with E-state index in [9.17, 15) is 14.7 Å². The van der Waals surface area contributed by atoms with Crippen LogP contribution in [0.4, 0.5) is 0 Å². The summed E-state index contributed by atoms with van der Waals surface area (Å²) >= 11 is 1.49. The van der Waals surface area contributed by atoms with Gasteiger partial charge >= 0.3 is 0 Å². The summed E-state index contributed by atoms with van der Waals surface area (Å²) in [7, 11) is 0. The highest BCUT2D eigenvalue weighted by molar-refractivity contribution is 7.99. The van der Waals surface area contributed by atoms with Crippen LogP contribution in [0.2, 0.25) is 0 Å². The Morgan fingerprint density at radius 1 is 1.33 bits per heavy atom. The highest BCUT2D eigenvalue weighted by Gasteiger charge is 2.32. The standard InChI is InChI=1S/C17H25N3O3S/c1-17(2,3)13-8-14(22)20-9-11(10-24-16(20)18-13)15(23)19-6-4-12(21)5-7-19/h8,11-12,21H,4-7,9-10H2,1-3H3. The van der Waals surface area contributed by atoms with E-state index in [2.05, 4.69) is 4.98 Å². The lowest BCUT2D eigenvalue weighted by molar-refractivity contribution is -0.137. The Morgan fingerprint density at radius 2 is 2.00 bits per heavy atom. The van der Waals surface area contributed by atoms with Gasteiger partial charge in [0.05, 0.1) is 17.7 Å². The second-order valence-corrected chi connectivity index (χ2v) is 8.67. The zero-order chi connectivity index (χ0) is 17.5. The number of likely N-dealkylation sites (tertiary alicyclic amines) is 1. The molecule has 2 aliphatic rings. The van der Waals surface area contributed by atoms with Crippen molar-refractivity contribution in [2.75, 3.05) is 18.8 Å². The molecule has 0 spiro atoms. The predicted octanol–water partition coefficient (Wildman–Crippen LogP) is 1.25. The fourth-order valence-electron chi connectivity index (χ4n) is 3.09. The van der Waals surface area contributed by atoms with E-state index in [4.69, 9.17) is 0 Å². The van der Waals surface area contributed by atoms with Crippen LogP contribution in [0.1, 0.15) is 39.3 Å². The van der Waals surface area contributed by atoms with Crippen LogP contribution in [-0.4, -0.2) is 50.4 Å². The molecule has 1 fully saturated rings. The van der Waals surface area contributed by atoms with Gasteiger partial charge in [0, 0.05) is 36.9 Å². The zero-order valence-electron chi connectivity index (χ0n) is 14.5. The van der Waals surface area contributed by atoms with Gasteiger partial charge in [-0.2, -0.15) is 0 Å². The van der Waals surface area contributed by atoms with Crippen molar-refractivity contribution in [3.63, 3.8) is 0 Å². The van der Waals surface area contributed by atoms with Crippen molar-refractivity contribution in [3.05, 3.63) is 22.1 Å². The Balaban J connectivity index is 1.77. The summed E-state index contributed by atoms with van der Waals surface area (Å²) in [5.74, 6) is 0.544. The van der Waals surface area contributed by atoms with Crippen LogP contribution in [0.5, 0.6) is 0 Å². The number of carbonyl (C=O) groups is 1. The molecule has 132 valence electrons. The third-order valence-corrected chi connectivity index (χ3v) is 5.82. The first-order chi connectivity index (χ1) is 11.3. The molecule has 0 bridgehead atoms. The Morgan fingerprint density at radius 3 is 2.62 bits per heavy atom. The van der Waals surface area contributed by atoms with Gasteiger partial charge in [0.2, 0.25) is 5.91 Å². The minimum Gasteiger partial charge on any atom is -0.393 e. The first-order valence-electron chi connectivity index (χ1n) is 8.47. The largest absolute Gasteiger partial charge is 0.393 e. The number of fused-ring (bicyclic) bond motifs is 1. The first kappa shape index (κ1) is 17.5. The van der Waals surface area contributed by atoms with E-state index >= 15 is 0 Å². The van der Waals surface area contributed by atoms with Gasteiger partial charge in [-0.15, -0.1) is 0 Å². The molecule has 7 heteroatoms. The van der Waals surface area contributed by atoms with E-state index in [1.165, 1.54) is 11.8 Å². The van der Waals surface area contributed by atoms with Crippen LogP contribution in [0.3, 0.4) is 0 Å². The molecule has 3 rings (SSSR count). The lowest BCUT2D eigenvalue weighted by Gasteiger charge is -2.34. The zero-order valence-corrected chi connectivity index (χ0v) is 15.3. The third kappa shape index (κ3) is 3.52. The number of aromatic nitrogens is 2. The summed E-state index contributed by atoms with van der Waals surface area (Å²) in [5, 5.41) is 10.3. The molecule has 3 heterocycles. The third-order valence-electron chi connectivity index (χ3n) is 4.68. The van der Waals surface area contributed by atoms with Gasteiger partial charge in [-0.3, -0.25) is 14.2 Å². The van der Waals surface area contributed by atoms with Gasteiger partial charge in [-0.25, -0.2) is 4.98 Å². The number of amides is 1. The minimum absolute atomic E-state index is 0.0796. The second kappa shape index (κ2) is 6.52. The number of thioether (sulfide) groups is 1. The van der Waals surface area contributed by atoms with Crippen LogP contribution in [0.25, 0.3) is 0 Å². The van der Waals surface area contributed by atoms with Crippen LogP contribution in [0.15, 0.2) is 16.0 Å². The first-order valence-corrected chi connectivity index (χ1v) is 9.46. The summed E-state index contributed by atoms with van der Waals surface area (Å²) in [6, 6.07) is 1.59. The number of aliphatic hydroxyl groups is 1. The van der Waals surface area contributed by atoms with Crippen LogP contribution in [-0.2, 0) is 16.8 Å². The molecule has 0 radical (unpaired) electrons. The monoisotopic (exact) mass is 351 g/mol. The van der Waals surface area contributed by atoms with Gasteiger partial charge in [0.25, 0.3) is 5.56 Å². The molecule has 1 unspecified atom stereocenters. The highest BCUT2D eigenvalue weighted by atomic mass is 32.2. The van der Waals surface area contributed by atoms with Crippen LogP contribution >= 0.6 is 11.8 Å². The van der Waals surface area contributed by atoms with Crippen molar-refractivity contribution >= 4 is 17.7 Å². The van der Waals surface area contributed by atoms with Crippen molar-refractivity contribution in [3.8, 4) is 0 Å². The van der Waals surface area contributed by atoms with E-state index in [1.54, 1.807) is 10.6 Å². The van der Waals surface area contributed by atoms with Crippen LogP contribution < -0.4 is 5.56 Å². The Kier molecular flexibility index (Phi) is 4.75. The normalized spacial score (nSPS) is 22.3. The highest BCUT2D eigenvalue weighted by Crippen LogP contribution is 2.29. The molecule has 1 N–H and O–H groups in total. The lowest BCUT2D eigenvalue weighted by Crippen LogP contribution is -2.46. The molecule has 1 saturated heterocycles. The fourth-order valence-corrected chi connectivity index (χ4v) is 4.17. The average Bonchev–Trinajstić information content (AvgIpc) is 2.53. The molecule has 1 atom stereocenters. The number of hydrogen-bond donors (Lipinski definition) is 1. The van der Waals surface area contributed by atoms with Crippen molar-refractivity contribution in [2.24, 2.45) is 5.92 Å². The summed E-state index contributed by atoms with van der Waals surface area (Å²) in [4.78, 5) is 31.6. The number of nitrogens with zero attached hydrogens (tertiary/aromatic N) is 3. The van der Waals surface area contributed by atoms with Gasteiger partial charge in [-0.05, 0) is 12.8 Å². The quantitative estimate of drug-likeness (QED) is 0.771. The summed E-state index contributed by atoms with van der Waals surface area (Å²) in [6.45, 7) is 7.72. The molecule has 1 amide bonds. The number of carbonyl (C=O) groups excluding carboxylic acids is 1. The maximum atomic E-state index is 12.7. The maximum absolute atomic E-state index is 12.7. The average molecular weight is 351 g/mol. The Hall–Kier alpha value is -1.34. The lowest BCUT2D eigenvalue weighted by atomic mass is 9.92. The molecule has 1 aromatic heterocycles. The molecule has 2 aliphatic heterocycles. The van der Waals surface area contributed by atoms with E-state index in [0.717, 1.165) is 5.69 Å². The second-order valence-electron chi connectivity index (χ2n) is 7.69.